The van der Waals surface area contributed by atoms with Crippen molar-refractivity contribution in [1.82, 2.24) is 9.97 Å². The average Bonchev–Trinajstić information content (AvgIpc) is 2.66. The van der Waals surface area contributed by atoms with E-state index in [9.17, 15) is 17.6 Å². The van der Waals surface area contributed by atoms with Crippen molar-refractivity contribution in [3.05, 3.63) is 53.1 Å². The Kier molecular flexibility index (Phi) is 5.33. The van der Waals surface area contributed by atoms with E-state index in [1.54, 1.807) is 0 Å². The van der Waals surface area contributed by atoms with Crippen molar-refractivity contribution in [3.63, 3.8) is 0 Å². The minimum atomic E-state index is -4.66. The van der Waals surface area contributed by atoms with Crippen molar-refractivity contribution in [2.75, 3.05) is 7.11 Å². The number of benzene rings is 1. The lowest BCUT2D eigenvalue weighted by Gasteiger charge is -2.35. The third-order valence-corrected chi connectivity index (χ3v) is 4.28. The molecule has 2 aromatic rings. The van der Waals surface area contributed by atoms with Gasteiger partial charge in [-0.3, -0.25) is 0 Å². The summed E-state index contributed by atoms with van der Waals surface area (Å²) in [5.74, 6) is 4.88. The Balaban J connectivity index is 1.95. The molecule has 0 radical (unpaired) electrons. The Bertz CT molecular complexity index is 996. The second kappa shape index (κ2) is 7.58. The summed E-state index contributed by atoms with van der Waals surface area (Å²) in [7, 11) is 1.43. The smallest absolute Gasteiger partial charge is 0.425 e. The SMILES string of the molecule is COc1ncc(C#Cc2ccc(F)c([C@]3(C)C[C@@H](C(F)(F)F)OC(N)=N3)c2)cn1. The van der Waals surface area contributed by atoms with Crippen LogP contribution in [0.25, 0.3) is 0 Å². The molecule has 1 aliphatic rings. The minimum Gasteiger partial charge on any atom is -0.467 e. The highest BCUT2D eigenvalue weighted by atomic mass is 19.4. The Morgan fingerprint density at radius 2 is 1.86 bits per heavy atom. The molecule has 1 aliphatic heterocycles. The third kappa shape index (κ3) is 4.56. The number of aromatic nitrogens is 2. The van der Waals surface area contributed by atoms with Crippen LogP contribution in [0.15, 0.2) is 35.6 Å². The maximum atomic E-state index is 14.5. The van der Waals surface area contributed by atoms with Crippen molar-refractivity contribution in [2.24, 2.45) is 10.7 Å². The molecule has 29 heavy (non-hydrogen) atoms. The van der Waals surface area contributed by atoms with Gasteiger partial charge in [0.2, 0.25) is 0 Å². The van der Waals surface area contributed by atoms with E-state index in [2.05, 4.69) is 31.5 Å². The lowest BCUT2D eigenvalue weighted by molar-refractivity contribution is -0.208. The fourth-order valence-electron chi connectivity index (χ4n) is 2.86. The molecule has 2 N–H and O–H groups in total. The van der Waals surface area contributed by atoms with Gasteiger partial charge in [-0.15, -0.1) is 0 Å². The second-order valence-electron chi connectivity index (χ2n) is 6.48. The number of nitrogens with zero attached hydrogens (tertiary/aromatic N) is 3. The highest BCUT2D eigenvalue weighted by molar-refractivity contribution is 5.73. The van der Waals surface area contributed by atoms with Crippen LogP contribution < -0.4 is 10.5 Å². The molecule has 152 valence electrons. The monoisotopic (exact) mass is 408 g/mol. The van der Waals surface area contributed by atoms with Crippen LogP contribution in [0.4, 0.5) is 17.6 Å². The highest BCUT2D eigenvalue weighted by Crippen LogP contribution is 2.40. The summed E-state index contributed by atoms with van der Waals surface area (Å²) in [5, 5.41) is 0. The lowest BCUT2D eigenvalue weighted by atomic mass is 9.85. The van der Waals surface area contributed by atoms with E-state index in [0.717, 1.165) is 6.07 Å². The first-order chi connectivity index (χ1) is 13.6. The molecule has 1 aromatic heterocycles. The zero-order valence-corrected chi connectivity index (χ0v) is 15.4. The first-order valence-corrected chi connectivity index (χ1v) is 8.37. The molecule has 2 atom stereocenters. The van der Waals surface area contributed by atoms with Gasteiger partial charge in [-0.25, -0.2) is 19.4 Å². The van der Waals surface area contributed by atoms with Gasteiger partial charge in [0.25, 0.3) is 6.02 Å². The van der Waals surface area contributed by atoms with E-state index in [1.807, 2.05) is 0 Å². The summed E-state index contributed by atoms with van der Waals surface area (Å²) in [6.45, 7) is 1.37. The van der Waals surface area contributed by atoms with E-state index >= 15 is 0 Å². The minimum absolute atomic E-state index is 0.0595. The molecular weight excluding hydrogens is 392 g/mol. The number of methoxy groups -OCH3 is 1. The van der Waals surface area contributed by atoms with Crippen LogP contribution in [-0.4, -0.2) is 35.4 Å². The van der Waals surface area contributed by atoms with Gasteiger partial charge in [-0.1, -0.05) is 11.8 Å². The number of rotatable bonds is 2. The van der Waals surface area contributed by atoms with Gasteiger partial charge in [-0.2, -0.15) is 13.2 Å². The summed E-state index contributed by atoms with van der Waals surface area (Å²) < 4.78 is 63.4. The van der Waals surface area contributed by atoms with E-state index in [4.69, 9.17) is 10.5 Å². The van der Waals surface area contributed by atoms with Gasteiger partial charge in [0.1, 0.15) is 5.82 Å². The second-order valence-corrected chi connectivity index (χ2v) is 6.48. The van der Waals surface area contributed by atoms with Crippen LogP contribution in [0.2, 0.25) is 0 Å². The van der Waals surface area contributed by atoms with Gasteiger partial charge < -0.3 is 15.2 Å². The summed E-state index contributed by atoms with van der Waals surface area (Å²) in [5.41, 5.74) is 4.67. The van der Waals surface area contributed by atoms with Gasteiger partial charge >= 0.3 is 12.2 Å². The van der Waals surface area contributed by atoms with E-state index < -0.39 is 36.1 Å². The molecule has 3 rings (SSSR count). The van der Waals surface area contributed by atoms with Crippen LogP contribution >= 0.6 is 0 Å². The van der Waals surface area contributed by atoms with Crippen LogP contribution in [-0.2, 0) is 10.3 Å². The molecule has 10 heteroatoms. The van der Waals surface area contributed by atoms with Crippen molar-refractivity contribution in [3.8, 4) is 17.9 Å². The van der Waals surface area contributed by atoms with E-state index in [0.29, 0.717) is 11.1 Å². The molecule has 0 aliphatic carbocycles. The number of aliphatic imine (C=N–C) groups is 1. The largest absolute Gasteiger partial charge is 0.467 e. The molecule has 2 heterocycles. The van der Waals surface area contributed by atoms with Gasteiger partial charge in [0.15, 0.2) is 6.10 Å². The summed E-state index contributed by atoms with van der Waals surface area (Å²) >= 11 is 0. The van der Waals surface area contributed by atoms with Crippen LogP contribution in [0.1, 0.15) is 30.0 Å². The molecule has 0 amide bonds. The van der Waals surface area contributed by atoms with Gasteiger partial charge in [-0.05, 0) is 25.1 Å². The number of hydrogen-bond donors (Lipinski definition) is 1. The van der Waals surface area contributed by atoms with Crippen LogP contribution in [0.5, 0.6) is 6.01 Å². The summed E-state index contributed by atoms with van der Waals surface area (Å²) in [4.78, 5) is 11.8. The quantitative estimate of drug-likeness (QED) is 0.610. The maximum Gasteiger partial charge on any atom is 0.425 e. The summed E-state index contributed by atoms with van der Waals surface area (Å²) in [6.07, 6.45) is -4.57. The number of halogens is 4. The van der Waals surface area contributed by atoms with Crippen molar-refractivity contribution >= 4 is 6.02 Å². The molecular formula is C19H16F4N4O2. The van der Waals surface area contributed by atoms with E-state index in [1.165, 1.54) is 38.6 Å². The summed E-state index contributed by atoms with van der Waals surface area (Å²) in [6, 6.07) is 3.42. The van der Waals surface area contributed by atoms with Crippen LogP contribution in [0, 0.1) is 17.7 Å². The fraction of sp³-hybridized carbons (Fsp3) is 0.316. The predicted octanol–water partition coefficient (Wildman–Crippen LogP) is 2.91. The first kappa shape index (κ1) is 20.4. The molecule has 0 fully saturated rings. The highest BCUT2D eigenvalue weighted by Gasteiger charge is 2.50. The van der Waals surface area contributed by atoms with Gasteiger partial charge in [0, 0.05) is 29.9 Å². The maximum absolute atomic E-state index is 14.5. The molecule has 0 saturated carbocycles. The molecule has 0 saturated heterocycles. The van der Waals surface area contributed by atoms with Crippen molar-refractivity contribution in [1.29, 1.82) is 0 Å². The Labute approximate surface area is 163 Å². The molecule has 0 bridgehead atoms. The lowest BCUT2D eigenvalue weighted by Crippen LogP contribution is -2.46. The first-order valence-electron chi connectivity index (χ1n) is 8.37. The number of amidine groups is 1. The number of hydrogen-bond acceptors (Lipinski definition) is 6. The van der Waals surface area contributed by atoms with E-state index in [-0.39, 0.29) is 11.6 Å². The Morgan fingerprint density at radius 1 is 1.21 bits per heavy atom. The van der Waals surface area contributed by atoms with Gasteiger partial charge in [0.05, 0.1) is 18.2 Å². The molecule has 0 unspecified atom stereocenters. The Morgan fingerprint density at radius 3 is 2.48 bits per heavy atom. The molecule has 1 aromatic carbocycles. The predicted molar refractivity (Wildman–Crippen MR) is 95.5 cm³/mol. The Hall–Kier alpha value is -3.35. The van der Waals surface area contributed by atoms with Crippen LogP contribution in [0.3, 0.4) is 0 Å². The standard InChI is InChI=1S/C19H16F4N4O2/c1-18(8-15(19(21,22)23)29-16(24)27-18)13-7-11(5-6-14(13)20)3-4-12-9-25-17(28-2)26-10-12/h5-7,9-10,15H,8H2,1-2H3,(H2,24,27)/t15-,18-/m0/s1. The number of ether oxygens (including phenoxy) is 2. The zero-order valence-electron chi connectivity index (χ0n) is 15.4. The van der Waals surface area contributed by atoms with Crippen molar-refractivity contribution < 1.29 is 27.0 Å². The molecule has 6 nitrogen and oxygen atoms in total. The third-order valence-electron chi connectivity index (χ3n) is 4.28. The zero-order chi connectivity index (χ0) is 21.2. The number of alkyl halides is 3. The topological polar surface area (TPSA) is 82.6 Å². The fourth-order valence-corrected chi connectivity index (χ4v) is 2.86. The average molecular weight is 408 g/mol. The van der Waals surface area contributed by atoms with Crippen molar-refractivity contribution in [2.45, 2.75) is 31.2 Å². The number of nitrogens with two attached hydrogens (primary N) is 1. The molecule has 0 spiro atoms. The normalized spacial score (nSPS) is 21.4.